The molecular formula is C11H10N2O3. The van der Waals surface area contributed by atoms with Crippen LogP contribution in [0.25, 0.3) is 0 Å². The molecule has 0 bridgehead atoms. The van der Waals surface area contributed by atoms with Crippen LogP contribution < -0.4 is 4.90 Å². The van der Waals surface area contributed by atoms with E-state index in [1.807, 2.05) is 6.07 Å². The van der Waals surface area contributed by atoms with Gasteiger partial charge in [0.05, 0.1) is 17.7 Å². The SMILES string of the molecule is C[C@@H]1C(O)OC(=O)N1c1ccc(C#N)cc1. The van der Waals surface area contributed by atoms with Crippen LogP contribution in [0.3, 0.4) is 0 Å². The lowest BCUT2D eigenvalue weighted by Gasteiger charge is -2.18. The van der Waals surface area contributed by atoms with Gasteiger partial charge in [-0.15, -0.1) is 0 Å². The molecule has 1 fully saturated rings. The van der Waals surface area contributed by atoms with Crippen molar-refractivity contribution in [3.05, 3.63) is 29.8 Å². The first-order valence-corrected chi connectivity index (χ1v) is 4.81. The van der Waals surface area contributed by atoms with Gasteiger partial charge in [0.25, 0.3) is 0 Å². The number of anilines is 1. The molecular weight excluding hydrogens is 208 g/mol. The molecule has 1 unspecified atom stereocenters. The van der Waals surface area contributed by atoms with Crippen LogP contribution in [-0.4, -0.2) is 23.5 Å². The standard InChI is InChI=1S/C11H10N2O3/c1-7-10(14)16-11(15)13(7)9-4-2-8(6-12)3-5-9/h2-5,7,10,14H,1H3/t7-,10?/m1/s1. The molecule has 2 atom stereocenters. The fourth-order valence-corrected chi connectivity index (χ4v) is 1.59. The number of carbonyl (C=O) groups excluding carboxylic acids is 1. The lowest BCUT2D eigenvalue weighted by Crippen LogP contribution is -2.33. The lowest BCUT2D eigenvalue weighted by molar-refractivity contribution is -0.0312. The van der Waals surface area contributed by atoms with Crippen LogP contribution in [0.5, 0.6) is 0 Å². The first-order chi connectivity index (χ1) is 7.63. The molecule has 1 amide bonds. The average Bonchev–Trinajstić information content (AvgIpc) is 2.54. The summed E-state index contributed by atoms with van der Waals surface area (Å²) in [7, 11) is 0. The fraction of sp³-hybridized carbons (Fsp3) is 0.273. The summed E-state index contributed by atoms with van der Waals surface area (Å²) in [6, 6.07) is 8.08. The second-order valence-corrected chi connectivity index (χ2v) is 3.54. The molecule has 0 aromatic heterocycles. The monoisotopic (exact) mass is 218 g/mol. The van der Waals surface area contributed by atoms with Crippen molar-refractivity contribution in [2.75, 3.05) is 4.90 Å². The topological polar surface area (TPSA) is 73.6 Å². The van der Waals surface area contributed by atoms with E-state index in [1.165, 1.54) is 4.90 Å². The molecule has 5 nitrogen and oxygen atoms in total. The van der Waals surface area contributed by atoms with E-state index in [0.29, 0.717) is 11.3 Å². The van der Waals surface area contributed by atoms with Crippen LogP contribution in [0.2, 0.25) is 0 Å². The number of aliphatic hydroxyl groups excluding tert-OH is 1. The number of rotatable bonds is 1. The van der Waals surface area contributed by atoms with Crippen molar-refractivity contribution in [2.45, 2.75) is 19.3 Å². The van der Waals surface area contributed by atoms with Crippen LogP contribution in [-0.2, 0) is 4.74 Å². The summed E-state index contributed by atoms with van der Waals surface area (Å²) in [6.45, 7) is 1.69. The van der Waals surface area contributed by atoms with Gasteiger partial charge >= 0.3 is 6.09 Å². The van der Waals surface area contributed by atoms with Gasteiger partial charge in [-0.2, -0.15) is 5.26 Å². The third kappa shape index (κ3) is 1.59. The zero-order valence-electron chi connectivity index (χ0n) is 8.62. The smallest absolute Gasteiger partial charge is 0.417 e. The highest BCUT2D eigenvalue weighted by Gasteiger charge is 2.38. The Morgan fingerprint density at radius 2 is 2.06 bits per heavy atom. The summed E-state index contributed by atoms with van der Waals surface area (Å²) in [5, 5.41) is 18.0. The minimum Gasteiger partial charge on any atom is -0.417 e. The molecule has 0 spiro atoms. The Kier molecular flexibility index (Phi) is 2.50. The van der Waals surface area contributed by atoms with E-state index in [1.54, 1.807) is 31.2 Å². The highest BCUT2D eigenvalue weighted by Crippen LogP contribution is 2.25. The second-order valence-electron chi connectivity index (χ2n) is 3.54. The van der Waals surface area contributed by atoms with Crippen molar-refractivity contribution in [2.24, 2.45) is 0 Å². The van der Waals surface area contributed by atoms with E-state index < -0.39 is 18.4 Å². The van der Waals surface area contributed by atoms with E-state index in [2.05, 4.69) is 4.74 Å². The summed E-state index contributed by atoms with van der Waals surface area (Å²) < 4.78 is 4.67. The Balaban J connectivity index is 2.30. The van der Waals surface area contributed by atoms with E-state index >= 15 is 0 Å². The maximum atomic E-state index is 11.4. The van der Waals surface area contributed by atoms with Gasteiger partial charge in [-0.25, -0.2) is 4.79 Å². The van der Waals surface area contributed by atoms with Crippen LogP contribution in [0, 0.1) is 11.3 Å². The van der Waals surface area contributed by atoms with Crippen molar-refractivity contribution in [1.82, 2.24) is 0 Å². The van der Waals surface area contributed by atoms with Crippen LogP contribution in [0.1, 0.15) is 12.5 Å². The Hall–Kier alpha value is -2.06. The predicted molar refractivity (Wildman–Crippen MR) is 55.6 cm³/mol. The minimum absolute atomic E-state index is 0.430. The molecule has 1 heterocycles. The molecule has 1 aliphatic rings. The number of carbonyl (C=O) groups is 1. The van der Waals surface area contributed by atoms with Gasteiger partial charge in [0.1, 0.15) is 0 Å². The number of cyclic esters (lactones) is 1. The molecule has 1 aliphatic heterocycles. The zero-order valence-corrected chi connectivity index (χ0v) is 8.62. The van der Waals surface area contributed by atoms with Crippen molar-refractivity contribution in [1.29, 1.82) is 5.26 Å². The van der Waals surface area contributed by atoms with Gasteiger partial charge in [-0.1, -0.05) is 0 Å². The number of amides is 1. The molecule has 82 valence electrons. The Labute approximate surface area is 92.5 Å². The lowest BCUT2D eigenvalue weighted by atomic mass is 10.2. The number of hydrogen-bond acceptors (Lipinski definition) is 4. The molecule has 5 heteroatoms. The number of benzene rings is 1. The van der Waals surface area contributed by atoms with Crippen LogP contribution in [0.4, 0.5) is 10.5 Å². The summed E-state index contributed by atoms with van der Waals surface area (Å²) in [4.78, 5) is 12.8. The number of nitriles is 1. The van der Waals surface area contributed by atoms with Crippen LogP contribution in [0.15, 0.2) is 24.3 Å². The van der Waals surface area contributed by atoms with Crippen molar-refractivity contribution >= 4 is 11.8 Å². The van der Waals surface area contributed by atoms with Crippen LogP contribution >= 0.6 is 0 Å². The zero-order chi connectivity index (χ0) is 11.7. The molecule has 2 rings (SSSR count). The first-order valence-electron chi connectivity index (χ1n) is 4.81. The second kappa shape index (κ2) is 3.83. The number of nitrogens with zero attached hydrogens (tertiary/aromatic N) is 2. The number of hydrogen-bond donors (Lipinski definition) is 1. The minimum atomic E-state index is -1.11. The molecule has 1 aromatic carbocycles. The van der Waals surface area contributed by atoms with E-state index in [9.17, 15) is 9.90 Å². The van der Waals surface area contributed by atoms with Crippen molar-refractivity contribution < 1.29 is 14.6 Å². The Morgan fingerprint density at radius 1 is 1.44 bits per heavy atom. The highest BCUT2D eigenvalue weighted by molar-refractivity contribution is 5.90. The van der Waals surface area contributed by atoms with Crippen molar-refractivity contribution in [3.8, 4) is 6.07 Å². The highest BCUT2D eigenvalue weighted by atomic mass is 16.7. The summed E-state index contributed by atoms with van der Waals surface area (Å²) in [5.41, 5.74) is 1.12. The molecule has 16 heavy (non-hydrogen) atoms. The summed E-state index contributed by atoms with van der Waals surface area (Å²) >= 11 is 0. The molecule has 0 radical (unpaired) electrons. The van der Waals surface area contributed by atoms with Gasteiger partial charge < -0.3 is 9.84 Å². The predicted octanol–water partition coefficient (Wildman–Crippen LogP) is 1.22. The number of aliphatic hydroxyl groups is 1. The van der Waals surface area contributed by atoms with Gasteiger partial charge in [-0.05, 0) is 31.2 Å². The fourth-order valence-electron chi connectivity index (χ4n) is 1.59. The van der Waals surface area contributed by atoms with Gasteiger partial charge in [0.15, 0.2) is 0 Å². The molecule has 0 saturated carbocycles. The molecule has 0 aliphatic carbocycles. The largest absolute Gasteiger partial charge is 0.417 e. The maximum Gasteiger partial charge on any atom is 0.417 e. The van der Waals surface area contributed by atoms with E-state index in [0.717, 1.165) is 0 Å². The first kappa shape index (κ1) is 10.5. The van der Waals surface area contributed by atoms with Gasteiger partial charge in [-0.3, -0.25) is 4.90 Å². The summed E-state index contributed by atoms with van der Waals surface area (Å²) in [5.74, 6) is 0. The average molecular weight is 218 g/mol. The number of ether oxygens (including phenoxy) is 1. The Morgan fingerprint density at radius 3 is 2.50 bits per heavy atom. The Bertz CT molecular complexity index is 449. The summed E-state index contributed by atoms with van der Waals surface area (Å²) in [6.07, 6.45) is -1.69. The third-order valence-corrected chi connectivity index (χ3v) is 2.51. The molecule has 1 N–H and O–H groups in total. The van der Waals surface area contributed by atoms with Gasteiger partial charge in [0, 0.05) is 5.69 Å². The van der Waals surface area contributed by atoms with Crippen molar-refractivity contribution in [3.63, 3.8) is 0 Å². The van der Waals surface area contributed by atoms with E-state index in [-0.39, 0.29) is 0 Å². The van der Waals surface area contributed by atoms with Gasteiger partial charge in [0.2, 0.25) is 6.29 Å². The third-order valence-electron chi connectivity index (χ3n) is 2.51. The van der Waals surface area contributed by atoms with E-state index in [4.69, 9.17) is 5.26 Å². The maximum absolute atomic E-state index is 11.4. The molecule has 1 aromatic rings. The quantitative estimate of drug-likeness (QED) is 0.769. The molecule has 1 saturated heterocycles. The normalized spacial score (nSPS) is 24.1.